The Morgan fingerprint density at radius 2 is 1.93 bits per heavy atom. The molecule has 2 aromatic rings. The largest absolute Gasteiger partial charge is 0.479 e. The highest BCUT2D eigenvalue weighted by atomic mass is 32.1. The van der Waals surface area contributed by atoms with Crippen molar-refractivity contribution in [2.24, 2.45) is 11.7 Å². The lowest BCUT2D eigenvalue weighted by Gasteiger charge is -2.22. The van der Waals surface area contributed by atoms with Crippen molar-refractivity contribution in [1.29, 1.82) is 0 Å². The molecule has 0 aliphatic heterocycles. The number of thiazole rings is 1. The maximum absolute atomic E-state index is 13.3. The first kappa shape index (κ1) is 19.3. The number of hydrogen-bond donors (Lipinski definition) is 2. The zero-order valence-electron chi connectivity index (χ0n) is 15.0. The molecule has 6 nitrogen and oxygen atoms in total. The summed E-state index contributed by atoms with van der Waals surface area (Å²) in [7, 11) is 0. The zero-order valence-corrected chi connectivity index (χ0v) is 15.9. The van der Waals surface area contributed by atoms with Crippen LogP contribution in [-0.2, 0) is 9.59 Å². The minimum Gasteiger partial charge on any atom is -0.479 e. The number of amides is 2. The SMILES string of the molecule is CC(C(N)=O)C(=O)Nc1nc(-c2ccc(F)cc2)c(OC2CCCCC2)s1. The molecule has 1 heterocycles. The van der Waals surface area contributed by atoms with Crippen molar-refractivity contribution in [1.82, 2.24) is 4.98 Å². The molecule has 0 spiro atoms. The summed E-state index contributed by atoms with van der Waals surface area (Å²) in [5.74, 6) is -2.54. The van der Waals surface area contributed by atoms with Gasteiger partial charge in [-0.05, 0) is 56.9 Å². The van der Waals surface area contributed by atoms with Gasteiger partial charge in [-0.2, -0.15) is 0 Å². The Kier molecular flexibility index (Phi) is 6.05. The predicted molar refractivity (Wildman–Crippen MR) is 102 cm³/mol. The number of aromatic nitrogens is 1. The molecular weight excluding hydrogens is 369 g/mol. The lowest BCUT2D eigenvalue weighted by atomic mass is 9.98. The first-order valence-electron chi connectivity index (χ1n) is 8.97. The second-order valence-corrected chi connectivity index (χ2v) is 7.61. The molecule has 1 aromatic carbocycles. The van der Waals surface area contributed by atoms with Crippen molar-refractivity contribution in [2.45, 2.75) is 45.1 Å². The number of carbonyl (C=O) groups is 2. The zero-order chi connectivity index (χ0) is 19.4. The fraction of sp³-hybridized carbons (Fsp3) is 0.421. The highest BCUT2D eigenvalue weighted by molar-refractivity contribution is 7.18. The van der Waals surface area contributed by atoms with Crippen LogP contribution in [0.2, 0.25) is 0 Å². The molecule has 1 aliphatic rings. The van der Waals surface area contributed by atoms with Crippen LogP contribution in [0.15, 0.2) is 24.3 Å². The quantitative estimate of drug-likeness (QED) is 0.734. The third-order valence-electron chi connectivity index (χ3n) is 4.59. The fourth-order valence-corrected chi connectivity index (χ4v) is 3.82. The van der Waals surface area contributed by atoms with E-state index < -0.39 is 17.7 Å². The number of ether oxygens (including phenoxy) is 1. The monoisotopic (exact) mass is 391 g/mol. The van der Waals surface area contributed by atoms with Crippen LogP contribution < -0.4 is 15.8 Å². The van der Waals surface area contributed by atoms with Gasteiger partial charge >= 0.3 is 0 Å². The fourth-order valence-electron chi connectivity index (χ4n) is 2.91. The van der Waals surface area contributed by atoms with Gasteiger partial charge in [0, 0.05) is 5.56 Å². The summed E-state index contributed by atoms with van der Waals surface area (Å²) in [5.41, 5.74) is 6.42. The van der Waals surface area contributed by atoms with E-state index in [1.54, 1.807) is 12.1 Å². The van der Waals surface area contributed by atoms with E-state index in [9.17, 15) is 14.0 Å². The van der Waals surface area contributed by atoms with Gasteiger partial charge in [0.1, 0.15) is 17.4 Å². The van der Waals surface area contributed by atoms with E-state index in [0.717, 1.165) is 25.7 Å². The van der Waals surface area contributed by atoms with E-state index in [1.807, 2.05) is 0 Å². The summed E-state index contributed by atoms with van der Waals surface area (Å²) < 4.78 is 19.4. The number of anilines is 1. The summed E-state index contributed by atoms with van der Waals surface area (Å²) in [6.45, 7) is 1.44. The van der Waals surface area contributed by atoms with Gasteiger partial charge in [-0.3, -0.25) is 9.59 Å². The maximum Gasteiger partial charge on any atom is 0.238 e. The van der Waals surface area contributed by atoms with E-state index in [1.165, 1.54) is 36.8 Å². The van der Waals surface area contributed by atoms with Gasteiger partial charge < -0.3 is 15.8 Å². The van der Waals surface area contributed by atoms with E-state index in [4.69, 9.17) is 10.5 Å². The Morgan fingerprint density at radius 1 is 1.26 bits per heavy atom. The molecular formula is C19H22FN3O3S. The third kappa shape index (κ3) is 4.82. The lowest BCUT2D eigenvalue weighted by Crippen LogP contribution is -2.32. The van der Waals surface area contributed by atoms with Crippen molar-refractivity contribution < 1.29 is 18.7 Å². The molecule has 8 heteroatoms. The van der Waals surface area contributed by atoms with E-state index in [0.29, 0.717) is 21.5 Å². The van der Waals surface area contributed by atoms with E-state index in [2.05, 4.69) is 10.3 Å². The molecule has 1 aromatic heterocycles. The number of benzene rings is 1. The van der Waals surface area contributed by atoms with Gasteiger partial charge in [0.05, 0.1) is 6.10 Å². The molecule has 0 bridgehead atoms. The Morgan fingerprint density at radius 3 is 2.56 bits per heavy atom. The van der Waals surface area contributed by atoms with Gasteiger partial charge in [-0.25, -0.2) is 9.37 Å². The summed E-state index contributed by atoms with van der Waals surface area (Å²) in [5, 5.41) is 3.51. The molecule has 3 rings (SSSR count). The number of hydrogen-bond acceptors (Lipinski definition) is 5. The van der Waals surface area contributed by atoms with Crippen LogP contribution >= 0.6 is 11.3 Å². The summed E-state index contributed by atoms with van der Waals surface area (Å²) in [4.78, 5) is 27.8. The number of carbonyl (C=O) groups excluding carboxylic acids is 2. The first-order valence-corrected chi connectivity index (χ1v) is 9.79. The van der Waals surface area contributed by atoms with Crippen molar-refractivity contribution in [3.8, 4) is 16.3 Å². The van der Waals surface area contributed by atoms with Crippen LogP contribution in [0.25, 0.3) is 11.3 Å². The maximum atomic E-state index is 13.3. The number of halogens is 1. The van der Waals surface area contributed by atoms with E-state index >= 15 is 0 Å². The highest BCUT2D eigenvalue weighted by Crippen LogP contribution is 2.40. The van der Waals surface area contributed by atoms with E-state index in [-0.39, 0.29) is 11.9 Å². The molecule has 0 saturated heterocycles. The highest BCUT2D eigenvalue weighted by Gasteiger charge is 2.24. The summed E-state index contributed by atoms with van der Waals surface area (Å²) >= 11 is 1.20. The summed E-state index contributed by atoms with van der Waals surface area (Å²) in [6.07, 6.45) is 5.50. The van der Waals surface area contributed by atoms with Gasteiger partial charge in [0.25, 0.3) is 0 Å². The van der Waals surface area contributed by atoms with Crippen LogP contribution in [0.1, 0.15) is 39.0 Å². The molecule has 1 aliphatic carbocycles. The van der Waals surface area contributed by atoms with Gasteiger partial charge in [0.2, 0.25) is 16.9 Å². The second kappa shape index (κ2) is 8.47. The molecule has 1 atom stereocenters. The Bertz CT molecular complexity index is 816. The smallest absolute Gasteiger partial charge is 0.238 e. The molecule has 27 heavy (non-hydrogen) atoms. The molecule has 1 saturated carbocycles. The number of primary amides is 1. The van der Waals surface area contributed by atoms with Crippen LogP contribution in [0, 0.1) is 11.7 Å². The van der Waals surface area contributed by atoms with Gasteiger partial charge in [-0.15, -0.1) is 0 Å². The second-order valence-electron chi connectivity index (χ2n) is 6.65. The average molecular weight is 391 g/mol. The predicted octanol–water partition coefficient (Wildman–Crippen LogP) is 3.72. The van der Waals surface area contributed by atoms with Crippen molar-refractivity contribution >= 4 is 28.3 Å². The van der Waals surface area contributed by atoms with Crippen molar-refractivity contribution in [3.63, 3.8) is 0 Å². The van der Waals surface area contributed by atoms with Crippen LogP contribution in [0.5, 0.6) is 5.06 Å². The molecule has 1 unspecified atom stereocenters. The molecule has 2 amide bonds. The van der Waals surface area contributed by atoms with Gasteiger partial charge in [-0.1, -0.05) is 17.8 Å². The minimum atomic E-state index is -0.967. The number of rotatable bonds is 6. The molecule has 1 fully saturated rings. The Labute approximate surface area is 160 Å². The van der Waals surface area contributed by atoms with Crippen LogP contribution in [-0.4, -0.2) is 22.9 Å². The molecule has 0 radical (unpaired) electrons. The Hall–Kier alpha value is -2.48. The van der Waals surface area contributed by atoms with Crippen molar-refractivity contribution in [2.75, 3.05) is 5.32 Å². The Balaban J connectivity index is 1.86. The lowest BCUT2D eigenvalue weighted by molar-refractivity contribution is -0.129. The third-order valence-corrected chi connectivity index (χ3v) is 5.45. The number of nitrogens with zero attached hydrogens (tertiary/aromatic N) is 1. The van der Waals surface area contributed by atoms with Crippen LogP contribution in [0.3, 0.4) is 0 Å². The molecule has 3 N–H and O–H groups in total. The van der Waals surface area contributed by atoms with Crippen molar-refractivity contribution in [3.05, 3.63) is 30.1 Å². The van der Waals surface area contributed by atoms with Gasteiger partial charge in [0.15, 0.2) is 5.13 Å². The number of nitrogens with one attached hydrogen (secondary N) is 1. The average Bonchev–Trinajstić information content (AvgIpc) is 3.04. The standard InChI is InChI=1S/C19H22FN3O3S/c1-11(16(21)24)17(25)23-19-22-15(12-7-9-13(20)10-8-12)18(27-19)26-14-5-3-2-4-6-14/h7-11,14H,2-6H2,1H3,(H2,21,24)(H,22,23,25). The number of nitrogens with two attached hydrogens (primary N) is 1. The minimum absolute atomic E-state index is 0.103. The summed E-state index contributed by atoms with van der Waals surface area (Å²) in [6, 6.07) is 5.95. The normalized spacial score (nSPS) is 15.9. The topological polar surface area (TPSA) is 94.3 Å². The molecule has 144 valence electrons. The van der Waals surface area contributed by atoms with Crippen LogP contribution in [0.4, 0.5) is 9.52 Å². The first-order chi connectivity index (χ1) is 12.9.